The number of anilines is 3. The van der Waals surface area contributed by atoms with Gasteiger partial charge in [0.15, 0.2) is 0 Å². The maximum atomic E-state index is 13.1. The molecule has 2 N–H and O–H groups in total. The molecule has 3 aromatic rings. The van der Waals surface area contributed by atoms with Crippen LogP contribution < -0.4 is 15.5 Å². The summed E-state index contributed by atoms with van der Waals surface area (Å²) in [5.41, 5.74) is 1.69. The maximum Gasteiger partial charge on any atom is 0.338 e. The van der Waals surface area contributed by atoms with Crippen molar-refractivity contribution in [1.29, 1.82) is 0 Å². The van der Waals surface area contributed by atoms with E-state index in [0.717, 1.165) is 17.7 Å². The fraction of sp³-hybridized carbons (Fsp3) is 0.143. The van der Waals surface area contributed by atoms with Crippen LogP contribution in [0.25, 0.3) is 0 Å². The smallest absolute Gasteiger partial charge is 0.338 e. The summed E-state index contributed by atoms with van der Waals surface area (Å²) < 4.78 is 5.18. The second-order valence-electron chi connectivity index (χ2n) is 8.46. The molecule has 3 amide bonds. The first-order chi connectivity index (χ1) is 18.7. The molecule has 0 aromatic heterocycles. The number of esters is 1. The number of imide groups is 1. The molecule has 1 aliphatic heterocycles. The highest BCUT2D eigenvalue weighted by atomic mass is 35.5. The Labute approximate surface area is 239 Å². The van der Waals surface area contributed by atoms with Gasteiger partial charge < -0.3 is 15.4 Å². The summed E-state index contributed by atoms with van der Waals surface area (Å²) in [6.45, 7) is 2.31. The summed E-state index contributed by atoms with van der Waals surface area (Å²) >= 11 is 18.1. The van der Waals surface area contributed by atoms with Crippen LogP contribution in [0.2, 0.25) is 10.0 Å². The number of hydrogen-bond acceptors (Lipinski definition) is 6. The molecule has 3 aromatic carbocycles. The number of hydrogen-bond donors (Lipinski definition) is 2. The van der Waals surface area contributed by atoms with Crippen LogP contribution >= 0.6 is 34.8 Å². The molecule has 0 atom stereocenters. The van der Waals surface area contributed by atoms with E-state index < -0.39 is 17.8 Å². The molecule has 0 bridgehead atoms. The van der Waals surface area contributed by atoms with E-state index in [1.54, 1.807) is 36.4 Å². The average Bonchev–Trinajstić information content (AvgIpc) is 3.14. The summed E-state index contributed by atoms with van der Waals surface area (Å²) in [6, 6.07) is 16.9. The molecule has 0 spiro atoms. The zero-order chi connectivity index (χ0) is 28.1. The lowest BCUT2D eigenvalue weighted by atomic mass is 10.2. The number of nitrogens with zero attached hydrogens (tertiary/aromatic N) is 1. The van der Waals surface area contributed by atoms with E-state index in [1.807, 2.05) is 6.92 Å². The summed E-state index contributed by atoms with van der Waals surface area (Å²) in [4.78, 5) is 51.5. The van der Waals surface area contributed by atoms with Crippen molar-refractivity contribution >= 4 is 75.6 Å². The highest BCUT2D eigenvalue weighted by molar-refractivity contribution is 6.53. The fourth-order valence-electron chi connectivity index (χ4n) is 3.61. The molecule has 0 saturated carbocycles. The van der Waals surface area contributed by atoms with Crippen molar-refractivity contribution in [3.05, 3.63) is 98.6 Å². The zero-order valence-electron chi connectivity index (χ0n) is 20.6. The number of unbranched alkanes of at least 4 members (excludes halogenated alkanes) is 1. The minimum Gasteiger partial charge on any atom is -0.462 e. The largest absolute Gasteiger partial charge is 0.462 e. The van der Waals surface area contributed by atoms with Gasteiger partial charge in [-0.3, -0.25) is 14.4 Å². The molecule has 4 rings (SSSR count). The topological polar surface area (TPSA) is 105 Å². The highest BCUT2D eigenvalue weighted by Gasteiger charge is 2.39. The first-order valence-electron chi connectivity index (χ1n) is 11.9. The van der Waals surface area contributed by atoms with Crippen molar-refractivity contribution in [2.75, 3.05) is 22.1 Å². The predicted molar refractivity (Wildman–Crippen MR) is 151 cm³/mol. The Morgan fingerprint density at radius 3 is 2.10 bits per heavy atom. The predicted octanol–water partition coefficient (Wildman–Crippen LogP) is 6.64. The normalized spacial score (nSPS) is 13.1. The SMILES string of the molecule is CCCCOC(=O)c1ccc(N2C(=O)C(Cl)=C(Nc3ccc(C(=O)Nc4ccc(Cl)c(Cl)c4)cc3)C2=O)cc1. The van der Waals surface area contributed by atoms with E-state index in [2.05, 4.69) is 10.6 Å². The quantitative estimate of drug-likeness (QED) is 0.165. The number of rotatable bonds is 9. The summed E-state index contributed by atoms with van der Waals surface area (Å²) in [7, 11) is 0. The molecule has 200 valence electrons. The monoisotopic (exact) mass is 585 g/mol. The number of carbonyl (C=O) groups is 4. The highest BCUT2D eigenvalue weighted by Crippen LogP contribution is 2.31. The molecule has 0 fully saturated rings. The molecule has 8 nitrogen and oxygen atoms in total. The second-order valence-corrected chi connectivity index (χ2v) is 9.65. The molecule has 0 radical (unpaired) electrons. The van der Waals surface area contributed by atoms with Crippen molar-refractivity contribution in [3.63, 3.8) is 0 Å². The third-order valence-electron chi connectivity index (χ3n) is 5.71. The van der Waals surface area contributed by atoms with Gasteiger partial charge in [0, 0.05) is 16.9 Å². The summed E-state index contributed by atoms with van der Waals surface area (Å²) in [5.74, 6) is -2.24. The van der Waals surface area contributed by atoms with E-state index in [-0.39, 0.29) is 22.3 Å². The van der Waals surface area contributed by atoms with Gasteiger partial charge in [-0.15, -0.1) is 0 Å². The van der Waals surface area contributed by atoms with Crippen LogP contribution in [-0.4, -0.2) is 30.3 Å². The molecular formula is C28H22Cl3N3O5. The molecule has 11 heteroatoms. The molecule has 1 aliphatic rings. The van der Waals surface area contributed by atoms with Crippen LogP contribution in [0, 0.1) is 0 Å². The van der Waals surface area contributed by atoms with Crippen molar-refractivity contribution in [2.45, 2.75) is 19.8 Å². The number of benzene rings is 3. The third-order valence-corrected chi connectivity index (χ3v) is 6.80. The zero-order valence-corrected chi connectivity index (χ0v) is 22.9. The van der Waals surface area contributed by atoms with Crippen LogP contribution in [0.1, 0.15) is 40.5 Å². The molecule has 0 saturated heterocycles. The van der Waals surface area contributed by atoms with Crippen LogP contribution in [0.3, 0.4) is 0 Å². The minimum absolute atomic E-state index is 0.113. The molecular weight excluding hydrogens is 565 g/mol. The minimum atomic E-state index is -0.708. The van der Waals surface area contributed by atoms with Gasteiger partial charge in [0.1, 0.15) is 10.7 Å². The lowest BCUT2D eigenvalue weighted by Crippen LogP contribution is -2.32. The van der Waals surface area contributed by atoms with E-state index in [1.165, 1.54) is 30.3 Å². The Kier molecular flexibility index (Phi) is 8.91. The van der Waals surface area contributed by atoms with E-state index in [9.17, 15) is 19.2 Å². The van der Waals surface area contributed by atoms with Crippen molar-refractivity contribution in [2.24, 2.45) is 0 Å². The fourth-order valence-corrected chi connectivity index (χ4v) is 4.12. The summed E-state index contributed by atoms with van der Waals surface area (Å²) in [5, 5.41) is 5.97. The van der Waals surface area contributed by atoms with E-state index in [4.69, 9.17) is 39.5 Å². The van der Waals surface area contributed by atoms with Gasteiger partial charge in [-0.05, 0) is 73.2 Å². The van der Waals surface area contributed by atoms with Gasteiger partial charge in [-0.2, -0.15) is 0 Å². The maximum absolute atomic E-state index is 13.1. The van der Waals surface area contributed by atoms with Gasteiger partial charge in [-0.25, -0.2) is 9.69 Å². The lowest BCUT2D eigenvalue weighted by molar-refractivity contribution is -0.120. The van der Waals surface area contributed by atoms with Crippen LogP contribution in [-0.2, 0) is 14.3 Å². The third kappa shape index (κ3) is 6.42. The Balaban J connectivity index is 1.42. The van der Waals surface area contributed by atoms with Gasteiger partial charge in [0.25, 0.3) is 17.7 Å². The number of ether oxygens (including phenoxy) is 1. The van der Waals surface area contributed by atoms with Crippen molar-refractivity contribution < 1.29 is 23.9 Å². The Bertz CT molecular complexity index is 1470. The first kappa shape index (κ1) is 28.2. The molecule has 0 unspecified atom stereocenters. The van der Waals surface area contributed by atoms with Crippen LogP contribution in [0.5, 0.6) is 0 Å². The standard InChI is InChI=1S/C28H22Cl3N3O5/c1-2-3-14-39-28(38)17-6-11-20(12-7-17)34-26(36)23(31)24(27(34)37)32-18-8-4-16(5-9-18)25(35)33-19-10-13-21(29)22(30)15-19/h4-13,15,32H,2-3,14H2,1H3,(H,33,35). The number of carbonyl (C=O) groups excluding carboxylic acids is 4. The summed E-state index contributed by atoms with van der Waals surface area (Å²) in [6.07, 6.45) is 1.66. The first-order valence-corrected chi connectivity index (χ1v) is 13.0. The molecule has 1 heterocycles. The Hall–Kier alpha value is -3.85. The van der Waals surface area contributed by atoms with Crippen molar-refractivity contribution in [3.8, 4) is 0 Å². The lowest BCUT2D eigenvalue weighted by Gasteiger charge is -2.15. The Morgan fingerprint density at radius 1 is 0.821 bits per heavy atom. The van der Waals surface area contributed by atoms with E-state index >= 15 is 0 Å². The van der Waals surface area contributed by atoms with Gasteiger partial charge in [0.05, 0.1) is 27.9 Å². The molecule has 39 heavy (non-hydrogen) atoms. The Morgan fingerprint density at radius 2 is 1.46 bits per heavy atom. The number of halogens is 3. The number of nitrogens with one attached hydrogen (secondary N) is 2. The van der Waals surface area contributed by atoms with Crippen LogP contribution in [0.4, 0.5) is 17.1 Å². The van der Waals surface area contributed by atoms with Gasteiger partial charge in [0.2, 0.25) is 0 Å². The van der Waals surface area contributed by atoms with E-state index in [0.29, 0.717) is 39.2 Å². The average molecular weight is 587 g/mol. The van der Waals surface area contributed by atoms with Gasteiger partial charge >= 0.3 is 5.97 Å². The second kappa shape index (κ2) is 12.3. The number of amides is 3. The van der Waals surface area contributed by atoms with Crippen molar-refractivity contribution in [1.82, 2.24) is 0 Å². The van der Waals surface area contributed by atoms with Gasteiger partial charge in [-0.1, -0.05) is 48.1 Å². The molecule has 0 aliphatic carbocycles. The van der Waals surface area contributed by atoms with Crippen LogP contribution in [0.15, 0.2) is 77.5 Å².